The molecule has 0 aliphatic rings. The molecule has 0 spiro atoms. The predicted octanol–water partition coefficient (Wildman–Crippen LogP) is 7.20. The summed E-state index contributed by atoms with van der Waals surface area (Å²) >= 11 is 1.45. The summed E-state index contributed by atoms with van der Waals surface area (Å²) in [7, 11) is 0. The van der Waals surface area contributed by atoms with Gasteiger partial charge in [-0.25, -0.2) is 4.98 Å². The Bertz CT molecular complexity index is 967. The first kappa shape index (κ1) is 22.3. The Balaban J connectivity index is 1.80. The largest absolute Gasteiger partial charge is 0.485 e. The summed E-state index contributed by atoms with van der Waals surface area (Å²) in [6, 6.07) is 12.9. The van der Waals surface area contributed by atoms with Gasteiger partial charge in [-0.2, -0.15) is 13.2 Å². The van der Waals surface area contributed by atoms with Gasteiger partial charge in [-0.15, -0.1) is 11.3 Å². The lowest BCUT2D eigenvalue weighted by Crippen LogP contribution is -2.06. The van der Waals surface area contributed by atoms with Gasteiger partial charge in [-0.05, 0) is 50.1 Å². The van der Waals surface area contributed by atoms with Gasteiger partial charge in [0.1, 0.15) is 16.9 Å². The van der Waals surface area contributed by atoms with Crippen molar-refractivity contribution in [3.8, 4) is 16.3 Å². The Morgan fingerprint density at radius 3 is 2.43 bits per heavy atom. The standard InChI is InChI=1S/C23H24F3NO2S/c1-4-20(29-19-8-6-7-16(13-19)14-28-5-2)21-15(3)27-22(30-21)17-9-11-18(12-10-17)23(24,25)26/h6-13,20H,4-5,14H2,1-3H3. The highest BCUT2D eigenvalue weighted by molar-refractivity contribution is 7.15. The predicted molar refractivity (Wildman–Crippen MR) is 113 cm³/mol. The molecule has 0 N–H and O–H groups in total. The lowest BCUT2D eigenvalue weighted by molar-refractivity contribution is -0.137. The molecule has 0 radical (unpaired) electrons. The van der Waals surface area contributed by atoms with E-state index in [0.717, 1.165) is 40.4 Å². The molecule has 3 rings (SSSR count). The van der Waals surface area contributed by atoms with Crippen LogP contribution >= 0.6 is 11.3 Å². The molecule has 0 saturated carbocycles. The normalized spacial score (nSPS) is 12.7. The molecule has 1 atom stereocenters. The van der Waals surface area contributed by atoms with E-state index in [-0.39, 0.29) is 6.10 Å². The van der Waals surface area contributed by atoms with Gasteiger partial charge in [0.15, 0.2) is 0 Å². The zero-order valence-electron chi connectivity index (χ0n) is 17.1. The summed E-state index contributed by atoms with van der Waals surface area (Å²) < 4.78 is 50.1. The Hall–Kier alpha value is -2.38. The van der Waals surface area contributed by atoms with Crippen molar-refractivity contribution in [3.05, 3.63) is 70.2 Å². The Labute approximate surface area is 178 Å². The third kappa shape index (κ3) is 5.40. The minimum Gasteiger partial charge on any atom is -0.485 e. The number of thiazole rings is 1. The van der Waals surface area contributed by atoms with Crippen LogP contribution in [0.15, 0.2) is 48.5 Å². The molecule has 3 aromatic rings. The molecule has 2 aromatic carbocycles. The molecule has 0 fully saturated rings. The quantitative estimate of drug-likeness (QED) is 0.375. The van der Waals surface area contributed by atoms with Gasteiger partial charge < -0.3 is 9.47 Å². The summed E-state index contributed by atoms with van der Waals surface area (Å²) in [4.78, 5) is 5.55. The number of hydrogen-bond donors (Lipinski definition) is 0. The van der Waals surface area contributed by atoms with Crippen LogP contribution in [-0.4, -0.2) is 11.6 Å². The number of alkyl halides is 3. The van der Waals surface area contributed by atoms with Gasteiger partial charge in [0.05, 0.1) is 22.7 Å². The van der Waals surface area contributed by atoms with E-state index < -0.39 is 11.7 Å². The topological polar surface area (TPSA) is 31.4 Å². The number of ether oxygens (including phenoxy) is 2. The second-order valence-electron chi connectivity index (χ2n) is 6.84. The molecule has 0 amide bonds. The van der Waals surface area contributed by atoms with Crippen LogP contribution in [0.2, 0.25) is 0 Å². The van der Waals surface area contributed by atoms with E-state index in [9.17, 15) is 13.2 Å². The first-order valence-electron chi connectivity index (χ1n) is 9.80. The van der Waals surface area contributed by atoms with Crippen molar-refractivity contribution in [2.45, 2.75) is 46.1 Å². The van der Waals surface area contributed by atoms with E-state index in [0.29, 0.717) is 23.8 Å². The summed E-state index contributed by atoms with van der Waals surface area (Å²) in [5, 5.41) is 0.684. The van der Waals surface area contributed by atoms with Crippen LogP contribution < -0.4 is 4.74 Å². The van der Waals surface area contributed by atoms with Gasteiger partial charge in [-0.1, -0.05) is 31.2 Å². The van der Waals surface area contributed by atoms with Crippen molar-refractivity contribution < 1.29 is 22.6 Å². The zero-order valence-corrected chi connectivity index (χ0v) is 17.9. The first-order valence-corrected chi connectivity index (χ1v) is 10.6. The van der Waals surface area contributed by atoms with Crippen LogP contribution in [0.3, 0.4) is 0 Å². The first-order chi connectivity index (χ1) is 14.3. The molecule has 30 heavy (non-hydrogen) atoms. The van der Waals surface area contributed by atoms with E-state index in [2.05, 4.69) is 4.98 Å². The number of halogens is 3. The van der Waals surface area contributed by atoms with Crippen LogP contribution in [0.1, 0.15) is 48.1 Å². The maximum Gasteiger partial charge on any atom is 0.416 e. The average Bonchev–Trinajstić information content (AvgIpc) is 3.11. The molecule has 0 aliphatic carbocycles. The smallest absolute Gasteiger partial charge is 0.416 e. The lowest BCUT2D eigenvalue weighted by Gasteiger charge is -2.17. The van der Waals surface area contributed by atoms with Crippen LogP contribution in [0.5, 0.6) is 5.75 Å². The monoisotopic (exact) mass is 435 g/mol. The van der Waals surface area contributed by atoms with Gasteiger partial charge in [0.2, 0.25) is 0 Å². The summed E-state index contributed by atoms with van der Waals surface area (Å²) in [5.74, 6) is 0.753. The van der Waals surface area contributed by atoms with Gasteiger partial charge in [-0.3, -0.25) is 0 Å². The number of benzene rings is 2. The third-order valence-corrected chi connectivity index (χ3v) is 5.90. The molecule has 0 aliphatic heterocycles. The highest BCUT2D eigenvalue weighted by atomic mass is 32.1. The molecule has 0 saturated heterocycles. The second-order valence-corrected chi connectivity index (χ2v) is 7.87. The molecule has 1 aromatic heterocycles. The molecule has 7 heteroatoms. The minimum atomic E-state index is -4.35. The maximum absolute atomic E-state index is 12.8. The van der Waals surface area contributed by atoms with E-state index in [1.807, 2.05) is 45.0 Å². The second kappa shape index (κ2) is 9.62. The minimum absolute atomic E-state index is 0.187. The van der Waals surface area contributed by atoms with Crippen molar-refractivity contribution >= 4 is 11.3 Å². The van der Waals surface area contributed by atoms with Crippen molar-refractivity contribution in [3.63, 3.8) is 0 Å². The van der Waals surface area contributed by atoms with Gasteiger partial charge in [0.25, 0.3) is 0 Å². The molecular weight excluding hydrogens is 411 g/mol. The number of nitrogens with zero attached hydrogens (tertiary/aromatic N) is 1. The molecule has 1 heterocycles. The summed E-state index contributed by atoms with van der Waals surface area (Å²) in [6.45, 7) is 7.06. The molecule has 3 nitrogen and oxygen atoms in total. The summed E-state index contributed by atoms with van der Waals surface area (Å²) in [6.07, 6.45) is -3.79. The van der Waals surface area contributed by atoms with Crippen molar-refractivity contribution in [1.82, 2.24) is 4.98 Å². The van der Waals surface area contributed by atoms with Crippen LogP contribution in [0.25, 0.3) is 10.6 Å². The zero-order chi connectivity index (χ0) is 21.7. The van der Waals surface area contributed by atoms with Crippen molar-refractivity contribution in [2.75, 3.05) is 6.61 Å². The highest BCUT2D eigenvalue weighted by Crippen LogP contribution is 2.37. The van der Waals surface area contributed by atoms with E-state index in [1.165, 1.54) is 23.5 Å². The highest BCUT2D eigenvalue weighted by Gasteiger charge is 2.30. The van der Waals surface area contributed by atoms with E-state index in [1.54, 1.807) is 0 Å². The number of aromatic nitrogens is 1. The van der Waals surface area contributed by atoms with Gasteiger partial charge >= 0.3 is 6.18 Å². The van der Waals surface area contributed by atoms with Crippen molar-refractivity contribution in [2.24, 2.45) is 0 Å². The van der Waals surface area contributed by atoms with Gasteiger partial charge in [0, 0.05) is 12.2 Å². The third-order valence-electron chi connectivity index (χ3n) is 4.60. The average molecular weight is 436 g/mol. The fourth-order valence-electron chi connectivity index (χ4n) is 3.05. The van der Waals surface area contributed by atoms with Crippen molar-refractivity contribution in [1.29, 1.82) is 0 Å². The lowest BCUT2D eigenvalue weighted by atomic mass is 10.1. The van der Waals surface area contributed by atoms with Crippen LogP contribution in [0.4, 0.5) is 13.2 Å². The Morgan fingerprint density at radius 2 is 1.80 bits per heavy atom. The van der Waals surface area contributed by atoms with Crippen LogP contribution in [0, 0.1) is 6.92 Å². The molecule has 0 bridgehead atoms. The fourth-order valence-corrected chi connectivity index (χ4v) is 4.23. The number of aryl methyl sites for hydroxylation is 1. The molecule has 160 valence electrons. The number of hydrogen-bond acceptors (Lipinski definition) is 4. The van der Waals surface area contributed by atoms with Crippen LogP contribution in [-0.2, 0) is 17.5 Å². The SMILES string of the molecule is CCOCc1cccc(OC(CC)c2sc(-c3ccc(C(F)(F)F)cc3)nc2C)c1. The van der Waals surface area contributed by atoms with E-state index in [4.69, 9.17) is 9.47 Å². The summed E-state index contributed by atoms with van der Waals surface area (Å²) in [5.41, 5.74) is 1.86. The Kier molecular flexibility index (Phi) is 7.15. The fraction of sp³-hybridized carbons (Fsp3) is 0.348. The maximum atomic E-state index is 12.8. The molecule has 1 unspecified atom stereocenters. The Morgan fingerprint density at radius 1 is 1.07 bits per heavy atom. The number of rotatable bonds is 8. The van der Waals surface area contributed by atoms with E-state index >= 15 is 0 Å². The molecular formula is C23H24F3NO2S.